The Morgan fingerprint density at radius 1 is 1.50 bits per heavy atom. The second-order valence-corrected chi connectivity index (χ2v) is 4.12. The number of amides is 2. The summed E-state index contributed by atoms with van der Waals surface area (Å²) in [6.07, 6.45) is 1.63. The fraction of sp³-hybridized carbons (Fsp3) is 0.583. The van der Waals surface area contributed by atoms with Crippen LogP contribution in [0.4, 0.5) is 4.79 Å². The van der Waals surface area contributed by atoms with Gasteiger partial charge in [0.05, 0.1) is 18.9 Å². The molecule has 0 saturated carbocycles. The van der Waals surface area contributed by atoms with Crippen LogP contribution in [-0.4, -0.2) is 51.8 Å². The molecule has 0 radical (unpaired) electrons. The van der Waals surface area contributed by atoms with Crippen molar-refractivity contribution in [3.8, 4) is 0 Å². The summed E-state index contributed by atoms with van der Waals surface area (Å²) >= 11 is 0. The number of nitrogens with one attached hydrogen (secondary N) is 2. The zero-order chi connectivity index (χ0) is 13.4. The molecule has 0 saturated heterocycles. The molecule has 1 aromatic heterocycles. The van der Waals surface area contributed by atoms with Crippen molar-refractivity contribution in [2.75, 3.05) is 40.9 Å². The summed E-state index contributed by atoms with van der Waals surface area (Å²) in [6, 6.07) is 3.55. The molecule has 1 unspecified atom stereocenters. The van der Waals surface area contributed by atoms with Gasteiger partial charge in [0.25, 0.3) is 0 Å². The van der Waals surface area contributed by atoms with E-state index in [-0.39, 0.29) is 12.1 Å². The number of furan rings is 1. The van der Waals surface area contributed by atoms with Crippen LogP contribution < -0.4 is 10.6 Å². The standard InChI is InChI=1S/C12H21N3O3/c1-15(2)10(11-5-4-7-18-11)9-14-12(16)13-6-8-17-3/h4-5,7,10H,6,8-9H2,1-3H3,(H2,13,14,16). The van der Waals surface area contributed by atoms with Crippen molar-refractivity contribution in [2.24, 2.45) is 0 Å². The lowest BCUT2D eigenvalue weighted by Crippen LogP contribution is -2.41. The second kappa shape index (κ2) is 7.73. The summed E-state index contributed by atoms with van der Waals surface area (Å²) in [6.45, 7) is 1.48. The molecule has 6 nitrogen and oxygen atoms in total. The summed E-state index contributed by atoms with van der Waals surface area (Å²) in [5.74, 6) is 0.831. The highest BCUT2D eigenvalue weighted by Crippen LogP contribution is 2.17. The molecule has 6 heteroatoms. The third kappa shape index (κ3) is 4.77. The molecule has 2 amide bonds. The first-order valence-corrected chi connectivity index (χ1v) is 5.85. The Balaban J connectivity index is 2.37. The van der Waals surface area contributed by atoms with Crippen LogP contribution in [0.1, 0.15) is 11.8 Å². The van der Waals surface area contributed by atoms with E-state index in [0.29, 0.717) is 19.7 Å². The minimum Gasteiger partial charge on any atom is -0.468 e. The third-order valence-electron chi connectivity index (χ3n) is 2.54. The highest BCUT2D eigenvalue weighted by Gasteiger charge is 2.17. The Bertz CT molecular complexity index is 338. The van der Waals surface area contributed by atoms with Crippen molar-refractivity contribution < 1.29 is 13.9 Å². The largest absolute Gasteiger partial charge is 0.468 e. The number of ether oxygens (including phenoxy) is 1. The number of urea groups is 1. The maximum Gasteiger partial charge on any atom is 0.314 e. The van der Waals surface area contributed by atoms with E-state index in [1.807, 2.05) is 31.1 Å². The van der Waals surface area contributed by atoms with Crippen LogP contribution >= 0.6 is 0 Å². The topological polar surface area (TPSA) is 66.7 Å². The van der Waals surface area contributed by atoms with Gasteiger partial charge in [-0.25, -0.2) is 4.79 Å². The molecule has 0 fully saturated rings. The SMILES string of the molecule is COCCNC(=O)NCC(c1ccco1)N(C)C. The molecule has 102 valence electrons. The number of hydrogen-bond donors (Lipinski definition) is 2. The van der Waals surface area contributed by atoms with E-state index in [2.05, 4.69) is 10.6 Å². The van der Waals surface area contributed by atoms with Gasteiger partial charge >= 0.3 is 6.03 Å². The van der Waals surface area contributed by atoms with Gasteiger partial charge in [0.15, 0.2) is 0 Å². The average molecular weight is 255 g/mol. The molecule has 0 aliphatic heterocycles. The first kappa shape index (κ1) is 14.5. The van der Waals surface area contributed by atoms with Crippen LogP contribution in [0, 0.1) is 0 Å². The van der Waals surface area contributed by atoms with Gasteiger partial charge in [-0.05, 0) is 26.2 Å². The van der Waals surface area contributed by atoms with Crippen molar-refractivity contribution in [1.82, 2.24) is 15.5 Å². The normalized spacial score (nSPS) is 12.4. The molecule has 0 bridgehead atoms. The van der Waals surface area contributed by atoms with Gasteiger partial charge in [0, 0.05) is 20.2 Å². The smallest absolute Gasteiger partial charge is 0.314 e. The minimum absolute atomic E-state index is 0.0215. The molecule has 0 aromatic carbocycles. The van der Waals surface area contributed by atoms with Gasteiger partial charge in [0.1, 0.15) is 5.76 Å². The summed E-state index contributed by atoms with van der Waals surface area (Å²) in [5.41, 5.74) is 0. The van der Waals surface area contributed by atoms with E-state index in [0.717, 1.165) is 5.76 Å². The number of carbonyl (C=O) groups is 1. The van der Waals surface area contributed by atoms with Crippen LogP contribution in [-0.2, 0) is 4.74 Å². The lowest BCUT2D eigenvalue weighted by molar-refractivity contribution is 0.194. The van der Waals surface area contributed by atoms with E-state index < -0.39 is 0 Å². The van der Waals surface area contributed by atoms with Crippen LogP contribution in [0.3, 0.4) is 0 Å². The summed E-state index contributed by atoms with van der Waals surface area (Å²) < 4.78 is 10.2. The Morgan fingerprint density at radius 2 is 2.28 bits per heavy atom. The van der Waals surface area contributed by atoms with E-state index in [9.17, 15) is 4.79 Å². The lowest BCUT2D eigenvalue weighted by atomic mass is 10.2. The van der Waals surface area contributed by atoms with Gasteiger partial charge < -0.3 is 19.8 Å². The molecular formula is C12H21N3O3. The first-order chi connectivity index (χ1) is 8.65. The minimum atomic E-state index is -0.203. The maximum atomic E-state index is 11.5. The number of methoxy groups -OCH3 is 1. The Hall–Kier alpha value is -1.53. The van der Waals surface area contributed by atoms with Crippen molar-refractivity contribution in [2.45, 2.75) is 6.04 Å². The predicted molar refractivity (Wildman–Crippen MR) is 68.4 cm³/mol. The van der Waals surface area contributed by atoms with Gasteiger partial charge in [0.2, 0.25) is 0 Å². The van der Waals surface area contributed by atoms with Crippen LogP contribution in [0.2, 0.25) is 0 Å². The number of hydrogen-bond acceptors (Lipinski definition) is 4. The lowest BCUT2D eigenvalue weighted by Gasteiger charge is -2.22. The highest BCUT2D eigenvalue weighted by atomic mass is 16.5. The second-order valence-electron chi connectivity index (χ2n) is 4.12. The zero-order valence-corrected chi connectivity index (χ0v) is 11.1. The Labute approximate surface area is 107 Å². The number of likely N-dealkylation sites (N-methyl/N-ethyl adjacent to an activating group) is 1. The fourth-order valence-electron chi connectivity index (χ4n) is 1.54. The number of carbonyl (C=O) groups excluding carboxylic acids is 1. The first-order valence-electron chi connectivity index (χ1n) is 5.85. The van der Waals surface area contributed by atoms with Crippen molar-refractivity contribution in [3.63, 3.8) is 0 Å². The van der Waals surface area contributed by atoms with Crippen LogP contribution in [0.15, 0.2) is 22.8 Å². The molecular weight excluding hydrogens is 234 g/mol. The predicted octanol–water partition coefficient (Wildman–Crippen LogP) is 0.828. The summed E-state index contributed by atoms with van der Waals surface area (Å²) in [5, 5.41) is 5.50. The van der Waals surface area contributed by atoms with E-state index >= 15 is 0 Å². The van der Waals surface area contributed by atoms with Crippen LogP contribution in [0.25, 0.3) is 0 Å². The summed E-state index contributed by atoms with van der Waals surface area (Å²) in [4.78, 5) is 13.5. The molecule has 1 atom stereocenters. The van der Waals surface area contributed by atoms with Crippen molar-refractivity contribution in [1.29, 1.82) is 0 Å². The van der Waals surface area contributed by atoms with E-state index in [1.54, 1.807) is 13.4 Å². The maximum absolute atomic E-state index is 11.5. The zero-order valence-electron chi connectivity index (χ0n) is 11.1. The molecule has 18 heavy (non-hydrogen) atoms. The van der Waals surface area contributed by atoms with Crippen molar-refractivity contribution in [3.05, 3.63) is 24.2 Å². The molecule has 1 rings (SSSR count). The van der Waals surface area contributed by atoms with Crippen molar-refractivity contribution >= 4 is 6.03 Å². The van der Waals surface area contributed by atoms with Gasteiger partial charge in [-0.15, -0.1) is 0 Å². The molecule has 0 aliphatic carbocycles. The average Bonchev–Trinajstić information content (AvgIpc) is 2.83. The number of rotatable bonds is 7. The van der Waals surface area contributed by atoms with Gasteiger partial charge in [-0.1, -0.05) is 0 Å². The van der Waals surface area contributed by atoms with Crippen LogP contribution in [0.5, 0.6) is 0 Å². The van der Waals surface area contributed by atoms with Gasteiger partial charge in [-0.3, -0.25) is 4.90 Å². The monoisotopic (exact) mass is 255 g/mol. The van der Waals surface area contributed by atoms with Gasteiger partial charge in [-0.2, -0.15) is 0 Å². The highest BCUT2D eigenvalue weighted by molar-refractivity contribution is 5.73. The molecule has 0 spiro atoms. The van der Waals surface area contributed by atoms with E-state index in [4.69, 9.17) is 9.15 Å². The third-order valence-corrected chi connectivity index (χ3v) is 2.54. The fourth-order valence-corrected chi connectivity index (χ4v) is 1.54. The number of nitrogens with zero attached hydrogens (tertiary/aromatic N) is 1. The quantitative estimate of drug-likeness (QED) is 0.708. The molecule has 0 aliphatic rings. The summed E-state index contributed by atoms with van der Waals surface area (Å²) in [7, 11) is 5.48. The molecule has 1 aromatic rings. The van der Waals surface area contributed by atoms with E-state index in [1.165, 1.54) is 0 Å². The molecule has 1 heterocycles. The molecule has 2 N–H and O–H groups in total. The Morgan fingerprint density at radius 3 is 2.83 bits per heavy atom. The Kier molecular flexibility index (Phi) is 6.24.